The Balaban J connectivity index is 2.16. The standard InChI is InChI=1S/C37H55ClN4O10/c1-21-12-11-13-28(50-10)37(48)20-27(51-35(47)40-37)22(2)33(45)36(4,5)29(52-34(46)23(3)41(7)30(43)14-15-39-6)19-31(44)42(8)25-17-24(16-21)18-26(49-9)32(25)38/h11-13,17-18,22-23,27-29,33,39,45,48H,14-16,19-20H2,1-10H3,(H,40,47)/b13-11+,21-12+/t22-,23+,27+,28-,29+,33+,37+/m1/s1. The number of halogens is 1. The first-order chi connectivity index (χ1) is 24.3. The van der Waals surface area contributed by atoms with Gasteiger partial charge in [0.1, 0.15) is 35.1 Å². The van der Waals surface area contributed by atoms with Crippen molar-refractivity contribution in [3.63, 3.8) is 0 Å². The maximum absolute atomic E-state index is 14.1. The minimum Gasteiger partial charge on any atom is -0.495 e. The molecule has 1 saturated heterocycles. The molecule has 0 aliphatic carbocycles. The highest BCUT2D eigenvalue weighted by atomic mass is 35.5. The third-order valence-electron chi connectivity index (χ3n) is 10.2. The fourth-order valence-electron chi connectivity index (χ4n) is 6.47. The lowest BCUT2D eigenvalue weighted by Crippen LogP contribution is -2.64. The number of fused-ring (bicyclic) bond motifs is 4. The summed E-state index contributed by atoms with van der Waals surface area (Å²) in [6.07, 6.45) is -0.336. The number of methoxy groups -OCH3 is 2. The lowest BCUT2D eigenvalue weighted by Gasteiger charge is -2.46. The number of anilines is 1. The molecule has 2 aliphatic heterocycles. The maximum Gasteiger partial charge on any atom is 0.409 e. The van der Waals surface area contributed by atoms with Crippen LogP contribution in [0.15, 0.2) is 35.9 Å². The monoisotopic (exact) mass is 750 g/mol. The number of carbonyl (C=O) groups excluding carboxylic acids is 4. The number of nitrogens with one attached hydrogen (secondary N) is 2. The summed E-state index contributed by atoms with van der Waals surface area (Å²) in [5.41, 5.74) is -1.22. The molecule has 15 heteroatoms. The van der Waals surface area contributed by atoms with Crippen molar-refractivity contribution in [3.05, 3.63) is 46.5 Å². The molecular formula is C37H55ClN4O10. The van der Waals surface area contributed by atoms with Gasteiger partial charge in [0.05, 0.1) is 25.3 Å². The van der Waals surface area contributed by atoms with E-state index < -0.39 is 71.9 Å². The van der Waals surface area contributed by atoms with Gasteiger partial charge < -0.3 is 44.3 Å². The van der Waals surface area contributed by atoms with Crippen molar-refractivity contribution in [2.45, 2.75) is 96.5 Å². The second-order valence-electron chi connectivity index (χ2n) is 14.3. The predicted octanol–water partition coefficient (Wildman–Crippen LogP) is 3.35. The summed E-state index contributed by atoms with van der Waals surface area (Å²) >= 11 is 6.74. The zero-order valence-electron chi connectivity index (χ0n) is 31.8. The molecule has 0 unspecified atom stereocenters. The van der Waals surface area contributed by atoms with Crippen LogP contribution >= 0.6 is 11.6 Å². The van der Waals surface area contributed by atoms with Gasteiger partial charge >= 0.3 is 12.1 Å². The predicted molar refractivity (Wildman–Crippen MR) is 196 cm³/mol. The summed E-state index contributed by atoms with van der Waals surface area (Å²) < 4.78 is 22.8. The number of benzene rings is 1. The van der Waals surface area contributed by atoms with Gasteiger partial charge in [0, 0.05) is 51.9 Å². The second kappa shape index (κ2) is 17.9. The molecule has 52 heavy (non-hydrogen) atoms. The second-order valence-corrected chi connectivity index (χ2v) is 14.7. The van der Waals surface area contributed by atoms with Gasteiger partial charge in [-0.05, 0) is 45.0 Å². The Morgan fingerprint density at radius 3 is 2.54 bits per heavy atom. The molecule has 0 saturated carbocycles. The number of amides is 3. The zero-order valence-corrected chi connectivity index (χ0v) is 32.6. The van der Waals surface area contributed by atoms with Crippen LogP contribution in [0.5, 0.6) is 5.75 Å². The van der Waals surface area contributed by atoms with Crippen LogP contribution < -0.4 is 20.3 Å². The number of likely N-dealkylation sites (N-methyl/N-ethyl adjacent to an activating group) is 1. The van der Waals surface area contributed by atoms with Crippen LogP contribution in [-0.4, -0.2) is 117 Å². The fraction of sp³-hybridized carbons (Fsp3) is 0.622. The average Bonchev–Trinajstić information content (AvgIpc) is 3.09. The number of hydrogen-bond acceptors (Lipinski definition) is 11. The summed E-state index contributed by atoms with van der Waals surface area (Å²) in [6, 6.07) is 2.52. The van der Waals surface area contributed by atoms with Crippen molar-refractivity contribution in [1.29, 1.82) is 0 Å². The van der Waals surface area contributed by atoms with Gasteiger partial charge in [-0.2, -0.15) is 0 Å². The highest BCUT2D eigenvalue weighted by Gasteiger charge is 2.51. The van der Waals surface area contributed by atoms with E-state index in [0.29, 0.717) is 24.4 Å². The minimum atomic E-state index is -1.91. The van der Waals surface area contributed by atoms with Gasteiger partial charge in [-0.25, -0.2) is 9.59 Å². The Morgan fingerprint density at radius 1 is 1.25 bits per heavy atom. The smallest absolute Gasteiger partial charge is 0.409 e. The first kappa shape index (κ1) is 42.7. The molecule has 1 aromatic rings. The molecule has 3 rings (SSSR count). The van der Waals surface area contributed by atoms with Crippen molar-refractivity contribution in [3.8, 4) is 5.75 Å². The van der Waals surface area contributed by atoms with Crippen molar-refractivity contribution in [2.24, 2.45) is 11.3 Å². The van der Waals surface area contributed by atoms with Crippen molar-refractivity contribution in [2.75, 3.05) is 46.8 Å². The van der Waals surface area contributed by atoms with Gasteiger partial charge in [-0.15, -0.1) is 0 Å². The first-order valence-electron chi connectivity index (χ1n) is 17.3. The molecule has 0 radical (unpaired) electrons. The normalized spacial score (nSPS) is 29.1. The first-order valence-corrected chi connectivity index (χ1v) is 17.7. The maximum atomic E-state index is 14.1. The molecule has 0 spiro atoms. The van der Waals surface area contributed by atoms with Gasteiger partial charge in [-0.1, -0.05) is 56.2 Å². The van der Waals surface area contributed by atoms with Gasteiger partial charge in [0.25, 0.3) is 0 Å². The Labute approximate surface area is 311 Å². The summed E-state index contributed by atoms with van der Waals surface area (Å²) in [5, 5.41) is 29.3. The molecule has 7 atom stereocenters. The van der Waals surface area contributed by atoms with Crippen molar-refractivity contribution >= 4 is 41.2 Å². The summed E-state index contributed by atoms with van der Waals surface area (Å²) in [6.45, 7) is 8.75. The molecule has 290 valence electrons. The van der Waals surface area contributed by atoms with E-state index in [0.717, 1.165) is 11.1 Å². The molecule has 2 heterocycles. The number of ether oxygens (including phenoxy) is 4. The van der Waals surface area contributed by atoms with E-state index in [1.54, 1.807) is 59.2 Å². The zero-order chi connectivity index (χ0) is 39.1. The van der Waals surface area contributed by atoms with E-state index in [1.165, 1.54) is 38.0 Å². The van der Waals surface area contributed by atoms with Crippen LogP contribution in [0.1, 0.15) is 59.4 Å². The van der Waals surface area contributed by atoms with Crippen LogP contribution in [-0.2, 0) is 35.0 Å². The van der Waals surface area contributed by atoms with E-state index in [9.17, 15) is 29.4 Å². The van der Waals surface area contributed by atoms with Crippen LogP contribution in [0.2, 0.25) is 5.02 Å². The molecule has 4 N–H and O–H groups in total. The van der Waals surface area contributed by atoms with Crippen LogP contribution in [0.3, 0.4) is 0 Å². The number of aliphatic hydroxyl groups excluding tert-OH is 1. The van der Waals surface area contributed by atoms with Gasteiger partial charge in [-0.3, -0.25) is 14.9 Å². The molecule has 14 nitrogen and oxygen atoms in total. The Morgan fingerprint density at radius 2 is 1.92 bits per heavy atom. The number of nitrogens with zero attached hydrogens (tertiary/aromatic N) is 2. The molecule has 2 aliphatic rings. The van der Waals surface area contributed by atoms with Crippen LogP contribution in [0.4, 0.5) is 10.5 Å². The number of carbonyl (C=O) groups is 4. The number of esters is 1. The minimum absolute atomic E-state index is 0.151. The third kappa shape index (κ3) is 9.84. The van der Waals surface area contributed by atoms with E-state index >= 15 is 0 Å². The van der Waals surface area contributed by atoms with Gasteiger partial charge in [0.2, 0.25) is 11.8 Å². The topological polar surface area (TPSA) is 176 Å². The number of alkyl carbamates (subject to hydrolysis) is 1. The SMILES string of the molecule is CNCCC(=O)N(C)[C@@H](C)C(=O)O[C@H]1CC(=O)N(C)c2cc(cc(OC)c2Cl)C/C(C)=C/C=C/[C@@H](OC)[C@@]2(O)C[C@H](OC(=O)N2)[C@@H](C)[C@H](O)C1(C)C. The molecule has 1 fully saturated rings. The molecule has 0 aromatic heterocycles. The Bertz CT molecular complexity index is 1530. The van der Waals surface area contributed by atoms with Crippen molar-refractivity contribution in [1.82, 2.24) is 15.5 Å². The van der Waals surface area contributed by atoms with Crippen LogP contribution in [0, 0.1) is 11.3 Å². The molecule has 1 aromatic carbocycles. The number of aliphatic hydroxyl groups is 2. The summed E-state index contributed by atoms with van der Waals surface area (Å²) in [4.78, 5) is 56.0. The largest absolute Gasteiger partial charge is 0.495 e. The Kier molecular flexibility index (Phi) is 14.7. The highest BCUT2D eigenvalue weighted by Crippen LogP contribution is 2.41. The molecule has 3 amide bonds. The average molecular weight is 751 g/mol. The quantitative estimate of drug-likeness (QED) is 0.287. The lowest BCUT2D eigenvalue weighted by atomic mass is 9.72. The molecule has 4 bridgehead atoms. The summed E-state index contributed by atoms with van der Waals surface area (Å²) in [5.74, 6) is -2.06. The number of hydrogen-bond donors (Lipinski definition) is 4. The lowest BCUT2D eigenvalue weighted by molar-refractivity contribution is -0.178. The fourth-order valence-corrected chi connectivity index (χ4v) is 6.78. The Hall–Kier alpha value is -3.69. The highest BCUT2D eigenvalue weighted by molar-refractivity contribution is 6.35. The van der Waals surface area contributed by atoms with Gasteiger partial charge in [0.15, 0.2) is 5.72 Å². The van der Waals surface area contributed by atoms with E-state index in [4.69, 9.17) is 30.5 Å². The summed E-state index contributed by atoms with van der Waals surface area (Å²) in [7, 11) is 7.62. The van der Waals surface area contributed by atoms with E-state index in [1.807, 2.05) is 13.0 Å². The number of rotatable bonds is 8. The van der Waals surface area contributed by atoms with Crippen LogP contribution in [0.25, 0.3) is 0 Å². The number of allylic oxidation sites excluding steroid dienone is 3. The van der Waals surface area contributed by atoms with E-state index in [-0.39, 0.29) is 23.8 Å². The third-order valence-corrected chi connectivity index (χ3v) is 10.6. The van der Waals surface area contributed by atoms with Crippen molar-refractivity contribution < 1.29 is 48.3 Å². The van der Waals surface area contributed by atoms with E-state index in [2.05, 4.69) is 10.6 Å². The molecular weight excluding hydrogens is 696 g/mol.